The molecule has 6 nitrogen and oxygen atoms in total. The monoisotopic (exact) mass is 428 g/mol. The van der Waals surface area contributed by atoms with E-state index in [2.05, 4.69) is 4.72 Å². The van der Waals surface area contributed by atoms with Crippen molar-refractivity contribution in [3.63, 3.8) is 0 Å². The Bertz CT molecular complexity index is 998. The summed E-state index contributed by atoms with van der Waals surface area (Å²) in [5.74, 6) is 0.364. The maximum absolute atomic E-state index is 12.7. The summed E-state index contributed by atoms with van der Waals surface area (Å²) in [5.41, 5.74) is 2.10. The third-order valence-electron chi connectivity index (χ3n) is 5.90. The number of hydrogen-bond donors (Lipinski definition) is 1. The second-order valence-electron chi connectivity index (χ2n) is 8.16. The molecule has 0 saturated heterocycles. The molecule has 1 aliphatic heterocycles. The van der Waals surface area contributed by atoms with Crippen molar-refractivity contribution in [2.45, 2.75) is 62.4 Å². The van der Waals surface area contributed by atoms with Crippen LogP contribution in [0, 0.1) is 0 Å². The first kappa shape index (κ1) is 20.9. The second-order valence-corrected chi connectivity index (χ2v) is 9.88. The Hall–Kier alpha value is -2.38. The van der Waals surface area contributed by atoms with Crippen LogP contribution in [0.3, 0.4) is 0 Å². The van der Waals surface area contributed by atoms with Crippen LogP contribution in [0.5, 0.6) is 5.75 Å². The molecule has 2 aliphatic rings. The lowest BCUT2D eigenvalue weighted by Crippen LogP contribution is -2.39. The van der Waals surface area contributed by atoms with E-state index in [0.29, 0.717) is 5.75 Å². The summed E-state index contributed by atoms with van der Waals surface area (Å²) in [7, 11) is -3.54. The van der Waals surface area contributed by atoms with E-state index in [1.165, 1.54) is 24.1 Å². The molecule has 2 aromatic carbocycles. The largest absolute Gasteiger partial charge is 0.484 e. The molecule has 30 heavy (non-hydrogen) atoms. The molecule has 0 bridgehead atoms. The van der Waals surface area contributed by atoms with Crippen LogP contribution in [0.15, 0.2) is 53.4 Å². The average molecular weight is 429 g/mol. The van der Waals surface area contributed by atoms with Gasteiger partial charge >= 0.3 is 0 Å². The lowest BCUT2D eigenvalue weighted by Gasteiger charge is -2.23. The Balaban J connectivity index is 1.36. The molecule has 0 spiro atoms. The van der Waals surface area contributed by atoms with Gasteiger partial charge in [0.1, 0.15) is 5.75 Å². The first-order valence-corrected chi connectivity index (χ1v) is 12.1. The second kappa shape index (κ2) is 8.78. The van der Waals surface area contributed by atoms with Gasteiger partial charge in [0.15, 0.2) is 6.61 Å². The van der Waals surface area contributed by atoms with Crippen LogP contribution in [-0.4, -0.2) is 33.0 Å². The van der Waals surface area contributed by atoms with E-state index in [0.717, 1.165) is 37.8 Å². The first-order chi connectivity index (χ1) is 14.4. The number of nitrogens with one attached hydrogen (secondary N) is 1. The summed E-state index contributed by atoms with van der Waals surface area (Å²) >= 11 is 0. The van der Waals surface area contributed by atoms with Crippen molar-refractivity contribution in [2.75, 3.05) is 11.5 Å². The number of rotatable bonds is 6. The highest BCUT2D eigenvalue weighted by atomic mass is 32.2. The van der Waals surface area contributed by atoms with Crippen LogP contribution in [-0.2, 0) is 21.2 Å². The Morgan fingerprint density at radius 2 is 1.77 bits per heavy atom. The van der Waals surface area contributed by atoms with Crippen molar-refractivity contribution in [3.8, 4) is 5.75 Å². The van der Waals surface area contributed by atoms with Gasteiger partial charge in [-0.15, -0.1) is 0 Å². The van der Waals surface area contributed by atoms with Crippen LogP contribution in [0.2, 0.25) is 0 Å². The lowest BCUT2D eigenvalue weighted by molar-refractivity contribution is -0.120. The normalized spacial score (nSPS) is 19.5. The zero-order valence-electron chi connectivity index (χ0n) is 17.2. The number of para-hydroxylation sites is 1. The van der Waals surface area contributed by atoms with Crippen molar-refractivity contribution >= 4 is 21.6 Å². The molecule has 1 fully saturated rings. The van der Waals surface area contributed by atoms with Crippen LogP contribution in [0.1, 0.15) is 44.6 Å². The SMILES string of the molecule is C[C@@H]1Cc2ccccc2N1C(=O)COc1ccc(S(=O)(=O)NC2CCCCC2)cc1. The number of anilines is 1. The molecular formula is C23H28N2O4S. The van der Waals surface area contributed by atoms with Gasteiger partial charge in [-0.1, -0.05) is 37.5 Å². The van der Waals surface area contributed by atoms with Gasteiger partial charge in [-0.2, -0.15) is 0 Å². The minimum Gasteiger partial charge on any atom is -0.484 e. The van der Waals surface area contributed by atoms with E-state index in [1.54, 1.807) is 17.0 Å². The summed E-state index contributed by atoms with van der Waals surface area (Å²) in [6, 6.07) is 14.3. The van der Waals surface area contributed by atoms with Gasteiger partial charge in [-0.3, -0.25) is 4.79 Å². The van der Waals surface area contributed by atoms with Crippen molar-refractivity contribution in [2.24, 2.45) is 0 Å². The third-order valence-corrected chi connectivity index (χ3v) is 7.44. The van der Waals surface area contributed by atoms with E-state index in [-0.39, 0.29) is 29.5 Å². The molecule has 0 unspecified atom stereocenters. The van der Waals surface area contributed by atoms with Gasteiger partial charge in [-0.05, 0) is 62.1 Å². The maximum atomic E-state index is 12.7. The number of fused-ring (bicyclic) bond motifs is 1. The number of carbonyl (C=O) groups is 1. The van der Waals surface area contributed by atoms with Crippen molar-refractivity contribution in [1.82, 2.24) is 4.72 Å². The number of ether oxygens (including phenoxy) is 1. The Morgan fingerprint density at radius 3 is 2.50 bits per heavy atom. The molecule has 1 atom stereocenters. The number of benzene rings is 2. The number of carbonyl (C=O) groups excluding carboxylic acids is 1. The maximum Gasteiger partial charge on any atom is 0.265 e. The van der Waals surface area contributed by atoms with Gasteiger partial charge in [0, 0.05) is 17.8 Å². The quantitative estimate of drug-likeness (QED) is 0.762. The number of nitrogens with zero attached hydrogens (tertiary/aromatic N) is 1. The molecule has 2 aromatic rings. The van der Waals surface area contributed by atoms with Crippen LogP contribution in [0.25, 0.3) is 0 Å². The topological polar surface area (TPSA) is 75.7 Å². The predicted molar refractivity (Wildman–Crippen MR) is 116 cm³/mol. The van der Waals surface area contributed by atoms with Crippen LogP contribution in [0.4, 0.5) is 5.69 Å². The molecule has 160 valence electrons. The van der Waals surface area contributed by atoms with E-state index in [9.17, 15) is 13.2 Å². The standard InChI is InChI=1S/C23H28N2O4S/c1-17-15-18-7-5-6-10-22(18)25(17)23(26)16-29-20-11-13-21(14-12-20)30(27,28)24-19-8-3-2-4-9-19/h5-7,10-14,17,19,24H,2-4,8-9,15-16H2,1H3/t17-/m1/s1. The molecule has 4 rings (SSSR count). The van der Waals surface area contributed by atoms with Gasteiger partial charge < -0.3 is 9.64 Å². The van der Waals surface area contributed by atoms with E-state index < -0.39 is 10.0 Å². The minimum atomic E-state index is -3.54. The van der Waals surface area contributed by atoms with Gasteiger partial charge in [0.2, 0.25) is 10.0 Å². The third kappa shape index (κ3) is 4.52. The van der Waals surface area contributed by atoms with Crippen LogP contribution < -0.4 is 14.4 Å². The first-order valence-electron chi connectivity index (χ1n) is 10.6. The van der Waals surface area contributed by atoms with Gasteiger partial charge in [-0.25, -0.2) is 13.1 Å². The molecule has 1 aliphatic carbocycles. The summed E-state index contributed by atoms with van der Waals surface area (Å²) < 4.78 is 33.6. The lowest BCUT2D eigenvalue weighted by atomic mass is 9.96. The summed E-state index contributed by atoms with van der Waals surface area (Å²) in [6.45, 7) is 1.93. The van der Waals surface area contributed by atoms with Gasteiger partial charge in [0.25, 0.3) is 5.91 Å². The summed E-state index contributed by atoms with van der Waals surface area (Å²) in [4.78, 5) is 14.7. The zero-order valence-corrected chi connectivity index (χ0v) is 18.0. The van der Waals surface area contributed by atoms with E-state index in [4.69, 9.17) is 4.74 Å². The molecule has 1 saturated carbocycles. The van der Waals surface area contributed by atoms with Gasteiger partial charge in [0.05, 0.1) is 4.90 Å². The summed E-state index contributed by atoms with van der Waals surface area (Å²) in [5, 5.41) is 0. The number of amides is 1. The number of sulfonamides is 1. The zero-order chi connectivity index (χ0) is 21.1. The average Bonchev–Trinajstić information content (AvgIpc) is 3.08. The molecule has 1 N–H and O–H groups in total. The fourth-order valence-corrected chi connectivity index (χ4v) is 5.69. The smallest absolute Gasteiger partial charge is 0.265 e. The molecule has 1 amide bonds. The molecule has 7 heteroatoms. The van der Waals surface area contributed by atoms with E-state index >= 15 is 0 Å². The van der Waals surface area contributed by atoms with Crippen molar-refractivity contribution < 1.29 is 17.9 Å². The summed E-state index contributed by atoms with van der Waals surface area (Å²) in [6.07, 6.45) is 5.91. The highest BCUT2D eigenvalue weighted by Crippen LogP contribution is 2.32. The fraction of sp³-hybridized carbons (Fsp3) is 0.435. The predicted octanol–water partition coefficient (Wildman–Crippen LogP) is 3.65. The fourth-order valence-electron chi connectivity index (χ4n) is 4.38. The van der Waals surface area contributed by atoms with Crippen molar-refractivity contribution in [1.29, 1.82) is 0 Å². The minimum absolute atomic E-state index is 0.0163. The molecule has 0 aromatic heterocycles. The Labute approximate surface area is 178 Å². The molecular weight excluding hydrogens is 400 g/mol. The van der Waals surface area contributed by atoms with Crippen LogP contribution >= 0.6 is 0 Å². The Kier molecular flexibility index (Phi) is 6.11. The Morgan fingerprint density at radius 1 is 1.07 bits per heavy atom. The highest BCUT2D eigenvalue weighted by Gasteiger charge is 2.30. The molecule has 1 heterocycles. The van der Waals surface area contributed by atoms with E-state index in [1.807, 2.05) is 31.2 Å². The van der Waals surface area contributed by atoms with Crippen molar-refractivity contribution in [3.05, 3.63) is 54.1 Å². The molecule has 0 radical (unpaired) electrons. The highest BCUT2D eigenvalue weighted by molar-refractivity contribution is 7.89. The number of hydrogen-bond acceptors (Lipinski definition) is 4.